The summed E-state index contributed by atoms with van der Waals surface area (Å²) in [5, 5.41) is 12.0. The highest BCUT2D eigenvalue weighted by atomic mass is 16.6. The Morgan fingerprint density at radius 3 is 2.09 bits per heavy atom. The van der Waals surface area contributed by atoms with E-state index in [1.54, 1.807) is 0 Å². The average molecular weight is 468 g/mol. The summed E-state index contributed by atoms with van der Waals surface area (Å²) in [5.41, 5.74) is -0.612. The lowest BCUT2D eigenvalue weighted by atomic mass is 9.72. The Morgan fingerprint density at radius 1 is 0.971 bits per heavy atom. The van der Waals surface area contributed by atoms with Gasteiger partial charge < -0.3 is 9.84 Å². The second kappa shape index (κ2) is 12.2. The van der Waals surface area contributed by atoms with Gasteiger partial charge in [0.1, 0.15) is 0 Å². The summed E-state index contributed by atoms with van der Waals surface area (Å²) >= 11 is 0. The van der Waals surface area contributed by atoms with Crippen LogP contribution < -0.4 is 0 Å². The molecule has 4 heteroatoms. The number of aliphatic hydroxyl groups is 1. The van der Waals surface area contributed by atoms with E-state index in [1.807, 2.05) is 26.0 Å². The molecule has 4 nitrogen and oxygen atoms in total. The van der Waals surface area contributed by atoms with Crippen LogP contribution in [0.15, 0.2) is 24.3 Å². The molecule has 0 aromatic heterocycles. The van der Waals surface area contributed by atoms with E-state index < -0.39 is 17.2 Å². The molecular formula is C30H45NO3. The molecule has 1 aromatic rings. The maximum absolute atomic E-state index is 13.6. The van der Waals surface area contributed by atoms with Gasteiger partial charge in [-0.25, -0.2) is 4.79 Å². The lowest BCUT2D eigenvalue weighted by Crippen LogP contribution is -2.47. The SMILES string of the molecule is CCN(CC)CC#CC(C)(C)OC(=O)C(O)(c1ccc(C2CCCCC2)cc1)C1CCCCC1. The van der Waals surface area contributed by atoms with Crippen LogP contribution in [0, 0.1) is 17.8 Å². The van der Waals surface area contributed by atoms with Gasteiger partial charge in [-0.15, -0.1) is 0 Å². The maximum atomic E-state index is 13.6. The highest BCUT2D eigenvalue weighted by molar-refractivity contribution is 5.82. The molecule has 0 aliphatic heterocycles. The standard InChI is InChI=1S/C30H45NO3/c1-5-31(6-2)23-13-22-29(3,4)34-28(32)30(33,26-16-11-8-12-17-26)27-20-18-25(19-21-27)24-14-9-7-10-15-24/h18-21,24,26,33H,5-12,14-17,23H2,1-4H3. The number of hydrogen-bond donors (Lipinski definition) is 1. The molecule has 0 amide bonds. The predicted molar refractivity (Wildman–Crippen MR) is 138 cm³/mol. The van der Waals surface area contributed by atoms with Crippen molar-refractivity contribution in [2.24, 2.45) is 5.92 Å². The van der Waals surface area contributed by atoms with Gasteiger partial charge in [0.25, 0.3) is 0 Å². The van der Waals surface area contributed by atoms with Crippen molar-refractivity contribution in [2.45, 2.75) is 109 Å². The molecule has 3 rings (SSSR count). The zero-order chi connectivity index (χ0) is 24.6. The van der Waals surface area contributed by atoms with Crippen LogP contribution in [0.4, 0.5) is 0 Å². The Hall–Kier alpha value is -1.83. The van der Waals surface area contributed by atoms with Crippen molar-refractivity contribution in [2.75, 3.05) is 19.6 Å². The Bertz CT molecular complexity index is 834. The van der Waals surface area contributed by atoms with E-state index >= 15 is 0 Å². The van der Waals surface area contributed by atoms with Gasteiger partial charge in [-0.05, 0) is 69.7 Å². The van der Waals surface area contributed by atoms with E-state index in [2.05, 4.69) is 42.7 Å². The van der Waals surface area contributed by atoms with E-state index in [4.69, 9.17) is 4.74 Å². The highest BCUT2D eigenvalue weighted by Gasteiger charge is 2.48. The number of esters is 1. The number of hydrogen-bond acceptors (Lipinski definition) is 4. The molecule has 0 radical (unpaired) electrons. The molecule has 2 aliphatic carbocycles. The average Bonchev–Trinajstić information content (AvgIpc) is 2.87. The first-order chi connectivity index (χ1) is 16.3. The summed E-state index contributed by atoms with van der Waals surface area (Å²) in [6, 6.07) is 8.20. The molecule has 2 saturated carbocycles. The fourth-order valence-electron chi connectivity index (χ4n) is 5.63. The van der Waals surface area contributed by atoms with Crippen LogP contribution in [0.2, 0.25) is 0 Å². The van der Waals surface area contributed by atoms with Gasteiger partial charge >= 0.3 is 5.97 Å². The largest absolute Gasteiger partial charge is 0.444 e. The van der Waals surface area contributed by atoms with Crippen LogP contribution >= 0.6 is 0 Å². The second-order valence-corrected chi connectivity index (χ2v) is 10.7. The van der Waals surface area contributed by atoms with Crippen molar-refractivity contribution in [3.63, 3.8) is 0 Å². The van der Waals surface area contributed by atoms with Crippen molar-refractivity contribution in [1.82, 2.24) is 4.90 Å². The zero-order valence-corrected chi connectivity index (χ0v) is 21.9. The van der Waals surface area contributed by atoms with Gasteiger partial charge in [-0.2, -0.15) is 0 Å². The van der Waals surface area contributed by atoms with Crippen LogP contribution in [0.5, 0.6) is 0 Å². The Morgan fingerprint density at radius 2 is 1.53 bits per heavy atom. The van der Waals surface area contributed by atoms with Crippen LogP contribution in [0.1, 0.15) is 109 Å². The Kier molecular flexibility index (Phi) is 9.63. The summed E-state index contributed by atoms with van der Waals surface area (Å²) in [5.74, 6) is 6.19. The molecule has 2 aliphatic rings. The molecule has 1 atom stereocenters. The lowest BCUT2D eigenvalue weighted by molar-refractivity contribution is -0.184. The van der Waals surface area contributed by atoms with Crippen molar-refractivity contribution >= 4 is 5.97 Å². The van der Waals surface area contributed by atoms with Crippen LogP contribution in [0.3, 0.4) is 0 Å². The minimum absolute atomic E-state index is 0.131. The summed E-state index contributed by atoms with van der Waals surface area (Å²) in [6.45, 7) is 10.4. The second-order valence-electron chi connectivity index (χ2n) is 10.7. The maximum Gasteiger partial charge on any atom is 0.344 e. The lowest BCUT2D eigenvalue weighted by Gasteiger charge is -2.38. The predicted octanol–water partition coefficient (Wildman–Crippen LogP) is 6.17. The van der Waals surface area contributed by atoms with Crippen molar-refractivity contribution in [3.05, 3.63) is 35.4 Å². The van der Waals surface area contributed by atoms with Gasteiger partial charge in [0.2, 0.25) is 0 Å². The van der Waals surface area contributed by atoms with Gasteiger partial charge in [0, 0.05) is 5.92 Å². The van der Waals surface area contributed by atoms with Crippen LogP contribution in [-0.4, -0.2) is 41.2 Å². The molecular weight excluding hydrogens is 422 g/mol. The molecule has 0 heterocycles. The summed E-state index contributed by atoms with van der Waals surface area (Å²) in [6.07, 6.45) is 11.3. The van der Waals surface area contributed by atoms with E-state index in [0.717, 1.165) is 45.2 Å². The number of rotatable bonds is 8. The quantitative estimate of drug-likeness (QED) is 0.367. The molecule has 0 bridgehead atoms. The molecule has 0 spiro atoms. The van der Waals surface area contributed by atoms with Gasteiger partial charge in [0.05, 0.1) is 6.54 Å². The minimum Gasteiger partial charge on any atom is -0.444 e. The molecule has 1 unspecified atom stereocenters. The van der Waals surface area contributed by atoms with E-state index in [1.165, 1.54) is 37.7 Å². The molecule has 2 fully saturated rings. The first-order valence-corrected chi connectivity index (χ1v) is 13.6. The van der Waals surface area contributed by atoms with Crippen molar-refractivity contribution in [1.29, 1.82) is 0 Å². The zero-order valence-electron chi connectivity index (χ0n) is 21.9. The smallest absolute Gasteiger partial charge is 0.344 e. The third-order valence-electron chi connectivity index (χ3n) is 7.87. The normalized spacial score (nSPS) is 19.8. The third-order valence-corrected chi connectivity index (χ3v) is 7.87. The summed E-state index contributed by atoms with van der Waals surface area (Å²) < 4.78 is 5.93. The summed E-state index contributed by atoms with van der Waals surface area (Å²) in [4.78, 5) is 15.8. The fourth-order valence-corrected chi connectivity index (χ4v) is 5.63. The number of nitrogens with zero attached hydrogens (tertiary/aromatic N) is 1. The molecule has 1 aromatic carbocycles. The molecule has 0 saturated heterocycles. The van der Waals surface area contributed by atoms with E-state index in [-0.39, 0.29) is 5.92 Å². The van der Waals surface area contributed by atoms with Crippen molar-refractivity contribution in [3.8, 4) is 11.8 Å². The minimum atomic E-state index is -1.64. The van der Waals surface area contributed by atoms with Crippen LogP contribution in [0.25, 0.3) is 0 Å². The van der Waals surface area contributed by atoms with Crippen LogP contribution in [-0.2, 0) is 15.1 Å². The molecule has 1 N–H and O–H groups in total. The van der Waals surface area contributed by atoms with Gasteiger partial charge in [-0.1, -0.05) is 88.5 Å². The van der Waals surface area contributed by atoms with Crippen molar-refractivity contribution < 1.29 is 14.6 Å². The number of carbonyl (C=O) groups excluding carboxylic acids is 1. The van der Waals surface area contributed by atoms with E-state index in [9.17, 15) is 9.90 Å². The first-order valence-electron chi connectivity index (χ1n) is 13.6. The van der Waals surface area contributed by atoms with Gasteiger partial charge in [-0.3, -0.25) is 4.90 Å². The fraction of sp³-hybridized carbons (Fsp3) is 0.700. The Labute approximate surface area is 207 Å². The van der Waals surface area contributed by atoms with Gasteiger partial charge in [0.15, 0.2) is 11.2 Å². The molecule has 34 heavy (non-hydrogen) atoms. The topological polar surface area (TPSA) is 49.8 Å². The number of ether oxygens (including phenoxy) is 1. The van der Waals surface area contributed by atoms with E-state index in [0.29, 0.717) is 18.0 Å². The highest BCUT2D eigenvalue weighted by Crippen LogP contribution is 2.42. The third kappa shape index (κ3) is 6.64. The Balaban J connectivity index is 1.82. The number of benzene rings is 1. The first kappa shape index (κ1) is 26.8. The number of carbonyl (C=O) groups is 1. The summed E-state index contributed by atoms with van der Waals surface area (Å²) in [7, 11) is 0. The molecule has 188 valence electrons. The monoisotopic (exact) mass is 467 g/mol.